The van der Waals surface area contributed by atoms with Crippen LogP contribution in [0.4, 0.5) is 5.00 Å². The molecule has 1 amide bonds. The summed E-state index contributed by atoms with van der Waals surface area (Å²) in [4.78, 5) is 21.7. The molecule has 0 fully saturated rings. The molecule has 2 N–H and O–H groups in total. The Labute approximate surface area is 102 Å². The van der Waals surface area contributed by atoms with Gasteiger partial charge in [-0.15, -0.1) is 0 Å². The highest BCUT2D eigenvalue weighted by molar-refractivity contribution is 7.17. The van der Waals surface area contributed by atoms with Crippen molar-refractivity contribution in [2.75, 3.05) is 6.54 Å². The second kappa shape index (κ2) is 6.31. The number of rotatable bonds is 6. The first kappa shape index (κ1) is 13.6. The fourth-order valence-electron chi connectivity index (χ4n) is 1.28. The van der Waals surface area contributed by atoms with Crippen molar-refractivity contribution in [3.05, 3.63) is 27.1 Å². The van der Waals surface area contributed by atoms with Gasteiger partial charge in [-0.25, -0.2) is 0 Å². The number of nitrogens with one attached hydrogen (secondary N) is 1. The van der Waals surface area contributed by atoms with Gasteiger partial charge >= 0.3 is 5.00 Å². The van der Waals surface area contributed by atoms with Crippen LogP contribution in [-0.2, 0) is 0 Å². The zero-order valence-electron chi connectivity index (χ0n) is 9.38. The van der Waals surface area contributed by atoms with Crippen LogP contribution in [0.3, 0.4) is 0 Å². The van der Waals surface area contributed by atoms with Crippen molar-refractivity contribution in [1.29, 1.82) is 0 Å². The summed E-state index contributed by atoms with van der Waals surface area (Å²) in [5, 5.41) is 22.3. The van der Waals surface area contributed by atoms with Crippen molar-refractivity contribution in [2.45, 2.75) is 25.9 Å². The van der Waals surface area contributed by atoms with Gasteiger partial charge in [-0.2, -0.15) is 0 Å². The number of nitro groups is 1. The summed E-state index contributed by atoms with van der Waals surface area (Å²) in [5.74, 6) is -0.391. The average Bonchev–Trinajstić information content (AvgIpc) is 2.75. The van der Waals surface area contributed by atoms with E-state index < -0.39 is 16.9 Å². The van der Waals surface area contributed by atoms with Crippen molar-refractivity contribution < 1.29 is 14.8 Å². The molecule has 1 heterocycles. The van der Waals surface area contributed by atoms with Crippen molar-refractivity contribution in [3.63, 3.8) is 0 Å². The highest BCUT2D eigenvalue weighted by atomic mass is 32.1. The second-order valence-electron chi connectivity index (χ2n) is 3.55. The first-order valence-electron chi connectivity index (χ1n) is 5.25. The Morgan fingerprint density at radius 2 is 2.35 bits per heavy atom. The third kappa shape index (κ3) is 4.12. The van der Waals surface area contributed by atoms with Crippen LogP contribution in [0.15, 0.2) is 12.1 Å². The Morgan fingerprint density at radius 1 is 1.65 bits per heavy atom. The fraction of sp³-hybridized carbons (Fsp3) is 0.500. The van der Waals surface area contributed by atoms with Gasteiger partial charge in [0.15, 0.2) is 0 Å². The second-order valence-corrected chi connectivity index (χ2v) is 4.61. The summed E-state index contributed by atoms with van der Waals surface area (Å²) in [6.07, 6.45) is 0.880. The molecule has 0 aliphatic rings. The lowest BCUT2D eigenvalue weighted by Crippen LogP contribution is -2.31. The van der Waals surface area contributed by atoms with E-state index in [1.165, 1.54) is 12.1 Å². The van der Waals surface area contributed by atoms with Gasteiger partial charge in [0.2, 0.25) is 0 Å². The van der Waals surface area contributed by atoms with Gasteiger partial charge in [-0.3, -0.25) is 14.9 Å². The standard InChI is InChI=1S/C10H14N2O4S/c1-2-3-7(13)6-11-10(14)8-4-5-9(17-8)12(15)16/h4-5,7,13H,2-3,6H2,1H3,(H,11,14). The van der Waals surface area contributed by atoms with Crippen molar-refractivity contribution in [1.82, 2.24) is 5.32 Å². The van der Waals surface area contributed by atoms with Crippen LogP contribution < -0.4 is 5.32 Å². The number of hydrogen-bond acceptors (Lipinski definition) is 5. The van der Waals surface area contributed by atoms with E-state index in [0.29, 0.717) is 6.42 Å². The molecular weight excluding hydrogens is 244 g/mol. The maximum Gasteiger partial charge on any atom is 0.324 e. The van der Waals surface area contributed by atoms with E-state index >= 15 is 0 Å². The third-order valence-corrected chi connectivity index (χ3v) is 3.15. The Morgan fingerprint density at radius 3 is 2.88 bits per heavy atom. The summed E-state index contributed by atoms with van der Waals surface area (Å²) in [6, 6.07) is 2.70. The summed E-state index contributed by atoms with van der Waals surface area (Å²) >= 11 is 0.821. The monoisotopic (exact) mass is 258 g/mol. The predicted octanol–water partition coefficient (Wildman–Crippen LogP) is 1.55. The quantitative estimate of drug-likeness (QED) is 0.598. The number of carbonyl (C=O) groups excluding carboxylic acids is 1. The highest BCUT2D eigenvalue weighted by Crippen LogP contribution is 2.23. The van der Waals surface area contributed by atoms with E-state index in [4.69, 9.17) is 0 Å². The van der Waals surface area contributed by atoms with Crippen LogP contribution in [0.25, 0.3) is 0 Å². The van der Waals surface area contributed by atoms with Crippen LogP contribution >= 0.6 is 11.3 Å². The average molecular weight is 258 g/mol. The molecule has 0 aromatic carbocycles. The molecule has 6 nitrogen and oxygen atoms in total. The molecule has 0 saturated carbocycles. The Hall–Kier alpha value is -1.47. The summed E-state index contributed by atoms with van der Waals surface area (Å²) < 4.78 is 0. The molecule has 1 unspecified atom stereocenters. The van der Waals surface area contributed by atoms with Gasteiger partial charge < -0.3 is 10.4 Å². The minimum absolute atomic E-state index is 0.0655. The molecule has 1 rings (SSSR count). The van der Waals surface area contributed by atoms with E-state index in [0.717, 1.165) is 17.8 Å². The van der Waals surface area contributed by atoms with E-state index in [-0.39, 0.29) is 16.4 Å². The van der Waals surface area contributed by atoms with Crippen LogP contribution in [-0.4, -0.2) is 28.6 Å². The van der Waals surface area contributed by atoms with Gasteiger partial charge in [-0.05, 0) is 12.5 Å². The molecule has 17 heavy (non-hydrogen) atoms. The maximum absolute atomic E-state index is 11.6. The van der Waals surface area contributed by atoms with E-state index in [1.54, 1.807) is 0 Å². The van der Waals surface area contributed by atoms with Crippen LogP contribution in [0.1, 0.15) is 29.4 Å². The lowest BCUT2D eigenvalue weighted by Gasteiger charge is -2.09. The molecule has 0 aliphatic heterocycles. The van der Waals surface area contributed by atoms with Gasteiger partial charge in [-0.1, -0.05) is 24.7 Å². The first-order chi connectivity index (χ1) is 8.04. The zero-order valence-corrected chi connectivity index (χ0v) is 10.2. The molecule has 0 radical (unpaired) electrons. The maximum atomic E-state index is 11.6. The lowest BCUT2D eigenvalue weighted by atomic mass is 10.2. The molecule has 0 aliphatic carbocycles. The number of hydrogen-bond donors (Lipinski definition) is 2. The predicted molar refractivity (Wildman–Crippen MR) is 64.2 cm³/mol. The number of amides is 1. The van der Waals surface area contributed by atoms with Crippen LogP contribution in [0, 0.1) is 10.1 Å². The molecule has 0 saturated heterocycles. The lowest BCUT2D eigenvalue weighted by molar-refractivity contribution is -0.380. The van der Waals surface area contributed by atoms with Crippen LogP contribution in [0.5, 0.6) is 0 Å². The van der Waals surface area contributed by atoms with Gasteiger partial charge in [0, 0.05) is 12.6 Å². The van der Waals surface area contributed by atoms with Gasteiger partial charge in [0.25, 0.3) is 5.91 Å². The zero-order chi connectivity index (χ0) is 12.8. The SMILES string of the molecule is CCCC(O)CNC(=O)c1ccc([N+](=O)[O-])s1. The number of carbonyl (C=O) groups is 1. The van der Waals surface area contributed by atoms with E-state index in [9.17, 15) is 20.0 Å². The topological polar surface area (TPSA) is 92.5 Å². The highest BCUT2D eigenvalue weighted by Gasteiger charge is 2.15. The largest absolute Gasteiger partial charge is 0.391 e. The third-order valence-electron chi connectivity index (χ3n) is 2.12. The molecule has 0 bridgehead atoms. The normalized spacial score (nSPS) is 12.1. The van der Waals surface area contributed by atoms with Crippen molar-refractivity contribution >= 4 is 22.2 Å². The molecule has 0 spiro atoms. The van der Waals surface area contributed by atoms with E-state index in [1.807, 2.05) is 6.92 Å². The summed E-state index contributed by atoms with van der Waals surface area (Å²) in [5.41, 5.74) is 0. The summed E-state index contributed by atoms with van der Waals surface area (Å²) in [6.45, 7) is 2.10. The first-order valence-corrected chi connectivity index (χ1v) is 6.06. The van der Waals surface area contributed by atoms with Crippen molar-refractivity contribution in [3.8, 4) is 0 Å². The smallest absolute Gasteiger partial charge is 0.324 e. The van der Waals surface area contributed by atoms with E-state index in [2.05, 4.69) is 5.32 Å². The number of thiophene rings is 1. The number of aliphatic hydroxyl groups is 1. The number of nitrogens with zero attached hydrogens (tertiary/aromatic N) is 1. The Bertz CT molecular complexity index is 405. The van der Waals surface area contributed by atoms with Crippen LogP contribution in [0.2, 0.25) is 0 Å². The molecule has 1 atom stereocenters. The summed E-state index contributed by atoms with van der Waals surface area (Å²) in [7, 11) is 0. The molecule has 94 valence electrons. The fourth-order valence-corrected chi connectivity index (χ4v) is 2.02. The molecular formula is C10H14N2O4S. The number of aliphatic hydroxyl groups excluding tert-OH is 1. The minimum atomic E-state index is -0.570. The molecule has 1 aromatic heterocycles. The van der Waals surface area contributed by atoms with Crippen molar-refractivity contribution in [2.24, 2.45) is 0 Å². The van der Waals surface area contributed by atoms with Gasteiger partial charge in [0.1, 0.15) is 0 Å². The Kier molecular flexibility index (Phi) is 5.05. The molecule has 1 aromatic rings. The minimum Gasteiger partial charge on any atom is -0.391 e. The Balaban J connectivity index is 2.49. The molecule has 7 heteroatoms. The van der Waals surface area contributed by atoms with Gasteiger partial charge in [0.05, 0.1) is 15.9 Å².